The van der Waals surface area contributed by atoms with Crippen molar-refractivity contribution in [2.75, 3.05) is 0 Å². The van der Waals surface area contributed by atoms with Gasteiger partial charge in [-0.25, -0.2) is 0 Å². The Labute approximate surface area is 565 Å². The highest BCUT2D eigenvalue weighted by Crippen LogP contribution is 2.68. The Balaban J connectivity index is 0.651. The summed E-state index contributed by atoms with van der Waals surface area (Å²) in [5.74, 6) is 21.2. The SMILES string of the molecule is CCC1(CC)C2CC(N(C3CCC(C4CCCCC4)CC3)C3CCC(C4CC(C5CCCCC5)CC(C5CCCCC5)C4)CC3)CCC2C2CCC(N(C3CCC(C4CCCCC4)CC3)C3CCC(C4CC(C5CCCCC5)CC(C5CCCCC5)C4)CC3)CC21. The van der Waals surface area contributed by atoms with Crippen LogP contribution in [0.5, 0.6) is 0 Å². The minimum absolute atomic E-state index is 0.575. The predicted molar refractivity (Wildman–Crippen MR) is 387 cm³/mol. The maximum absolute atomic E-state index is 3.53. The van der Waals surface area contributed by atoms with E-state index in [1.54, 1.807) is 308 Å². The summed E-state index contributed by atoms with van der Waals surface area (Å²) in [6.45, 7) is 5.55. The molecule has 15 aliphatic carbocycles. The minimum Gasteiger partial charge on any atom is -0.294 e. The summed E-state index contributed by atoms with van der Waals surface area (Å²) in [5.41, 5.74) is 0.575. The monoisotopic (exact) mass is 1250 g/mol. The fourth-order valence-corrected chi connectivity index (χ4v) is 30.9. The van der Waals surface area contributed by atoms with E-state index in [1.165, 1.54) is 77.0 Å². The summed E-state index contributed by atoms with van der Waals surface area (Å²) in [5, 5.41) is 0. The van der Waals surface area contributed by atoms with Crippen LogP contribution in [0.25, 0.3) is 0 Å². The topological polar surface area (TPSA) is 6.48 Å². The zero-order chi connectivity index (χ0) is 61.1. The van der Waals surface area contributed by atoms with Gasteiger partial charge in [0.1, 0.15) is 0 Å². The molecule has 0 aliphatic heterocycles. The predicted octanol–water partition coefficient (Wildman–Crippen LogP) is 25.8. The first-order valence-corrected chi connectivity index (χ1v) is 44.5. The van der Waals surface area contributed by atoms with Gasteiger partial charge >= 0.3 is 0 Å². The average molecular weight is 1250 g/mol. The van der Waals surface area contributed by atoms with Crippen molar-refractivity contribution in [2.45, 2.75) is 435 Å². The quantitative estimate of drug-likeness (QED) is 0.152. The lowest BCUT2D eigenvalue weighted by Crippen LogP contribution is -2.55. The van der Waals surface area contributed by atoms with Crippen molar-refractivity contribution in [1.82, 2.24) is 9.80 Å². The Morgan fingerprint density at radius 2 is 0.374 bits per heavy atom. The molecular weight excluding hydrogens is 1100 g/mol. The largest absolute Gasteiger partial charge is 0.294 e. The normalized spacial score (nSPS) is 44.6. The van der Waals surface area contributed by atoms with Crippen LogP contribution in [0.15, 0.2) is 0 Å². The molecule has 15 rings (SSSR count). The van der Waals surface area contributed by atoms with Gasteiger partial charge in [0, 0.05) is 36.3 Å². The van der Waals surface area contributed by atoms with Crippen molar-refractivity contribution in [2.24, 2.45) is 124 Å². The lowest BCUT2D eigenvalue weighted by Gasteiger charge is -2.54. The Bertz CT molecular complexity index is 1910. The van der Waals surface area contributed by atoms with Crippen molar-refractivity contribution in [3.05, 3.63) is 0 Å². The highest BCUT2D eigenvalue weighted by atomic mass is 15.2. The van der Waals surface area contributed by atoms with Crippen LogP contribution in [0.1, 0.15) is 399 Å². The van der Waals surface area contributed by atoms with E-state index in [0.717, 1.165) is 155 Å². The second-order valence-corrected chi connectivity index (χ2v) is 38.9. The maximum Gasteiger partial charge on any atom is 0.0104 e. The van der Waals surface area contributed by atoms with Gasteiger partial charge in [0.05, 0.1) is 0 Å². The van der Waals surface area contributed by atoms with Gasteiger partial charge in [0.15, 0.2) is 0 Å². The number of nitrogens with zero attached hydrogens (tertiary/aromatic N) is 2. The molecule has 0 N–H and O–H groups in total. The Morgan fingerprint density at radius 3 is 0.593 bits per heavy atom. The van der Waals surface area contributed by atoms with Crippen molar-refractivity contribution in [3.8, 4) is 0 Å². The van der Waals surface area contributed by atoms with Crippen LogP contribution in [0.2, 0.25) is 0 Å². The first-order valence-electron chi connectivity index (χ1n) is 44.5. The highest BCUT2D eigenvalue weighted by Gasteiger charge is 2.62. The molecule has 91 heavy (non-hydrogen) atoms. The molecule has 15 saturated carbocycles. The molecule has 0 bridgehead atoms. The smallest absolute Gasteiger partial charge is 0.0104 e. The summed E-state index contributed by atoms with van der Waals surface area (Å²) < 4.78 is 0. The molecular formula is C89H152N2. The number of fused-ring (bicyclic) bond motifs is 3. The zero-order valence-corrected chi connectivity index (χ0v) is 60.8. The average Bonchev–Trinajstić information content (AvgIpc) is 1.58. The molecule has 518 valence electrons. The van der Waals surface area contributed by atoms with E-state index < -0.39 is 0 Å². The first-order chi connectivity index (χ1) is 45.0. The second kappa shape index (κ2) is 31.6. The molecule has 0 aromatic rings. The van der Waals surface area contributed by atoms with Crippen LogP contribution in [-0.2, 0) is 0 Å². The standard InChI is InChI=1S/C89H152N2/c1-3-89(4-2)87-61-83(90(79-43-35-69(36-44-79)63-23-11-5-12-24-63)81-47-39-71(40-48-81)77-57-73(65-27-15-7-16-28-65)55-74(58-77)66-29-17-8-18-30-66)51-53-85(87)86-54-52-84(62-88(86)89)91(80-45-37-70(38-46-80)64-25-13-6-14-26-64)82-49-41-72(42-50-82)78-59-75(67-31-19-9-20-32-67)56-76(60-78)68-33-21-10-22-34-68/h63-88H,3-62H2,1-2H3. The van der Waals surface area contributed by atoms with Gasteiger partial charge < -0.3 is 0 Å². The highest BCUT2D eigenvalue weighted by molar-refractivity contribution is 5.12. The summed E-state index contributed by atoms with van der Waals surface area (Å²) in [4.78, 5) is 7.06. The molecule has 0 radical (unpaired) electrons. The molecule has 0 amide bonds. The van der Waals surface area contributed by atoms with Gasteiger partial charge in [-0.05, 0) is 316 Å². The van der Waals surface area contributed by atoms with Crippen LogP contribution in [0.4, 0.5) is 0 Å². The number of hydrogen-bond acceptors (Lipinski definition) is 2. The van der Waals surface area contributed by atoms with E-state index in [0.29, 0.717) is 5.41 Å². The van der Waals surface area contributed by atoms with Gasteiger partial charge in [0.25, 0.3) is 0 Å². The molecule has 0 saturated heterocycles. The lowest BCUT2D eigenvalue weighted by molar-refractivity contribution is -0.0413. The van der Waals surface area contributed by atoms with Gasteiger partial charge in [-0.2, -0.15) is 0 Å². The van der Waals surface area contributed by atoms with Crippen molar-refractivity contribution in [1.29, 1.82) is 0 Å². The molecule has 2 heteroatoms. The van der Waals surface area contributed by atoms with Crippen molar-refractivity contribution in [3.63, 3.8) is 0 Å². The van der Waals surface area contributed by atoms with Crippen LogP contribution >= 0.6 is 0 Å². The molecule has 0 aromatic heterocycles. The first kappa shape index (κ1) is 66.8. The summed E-state index contributed by atoms with van der Waals surface area (Å²) in [6.07, 6.45) is 94.3. The van der Waals surface area contributed by atoms with Gasteiger partial charge in [0.2, 0.25) is 0 Å². The fourth-order valence-electron chi connectivity index (χ4n) is 30.9. The third kappa shape index (κ3) is 14.9. The van der Waals surface area contributed by atoms with E-state index in [-0.39, 0.29) is 0 Å². The Kier molecular flexibility index (Phi) is 23.2. The number of rotatable bonds is 16. The van der Waals surface area contributed by atoms with Crippen LogP contribution in [-0.4, -0.2) is 46.1 Å². The van der Waals surface area contributed by atoms with Gasteiger partial charge in [-0.3, -0.25) is 9.80 Å². The Hall–Kier alpha value is -0.0800. The maximum atomic E-state index is 3.53. The van der Waals surface area contributed by atoms with Crippen LogP contribution in [0, 0.1) is 124 Å². The molecule has 0 aromatic carbocycles. The molecule has 2 nitrogen and oxygen atoms in total. The molecule has 10 atom stereocenters. The summed E-state index contributed by atoms with van der Waals surface area (Å²) in [7, 11) is 0. The summed E-state index contributed by atoms with van der Waals surface area (Å²) in [6, 6.07) is 5.30. The van der Waals surface area contributed by atoms with E-state index in [9.17, 15) is 0 Å². The fraction of sp³-hybridized carbons (Fsp3) is 1.00. The molecule has 0 heterocycles. The molecule has 15 aliphatic rings. The van der Waals surface area contributed by atoms with Crippen LogP contribution < -0.4 is 0 Å². The van der Waals surface area contributed by atoms with Crippen molar-refractivity contribution < 1.29 is 0 Å². The minimum atomic E-state index is 0.575. The Morgan fingerprint density at radius 1 is 0.187 bits per heavy atom. The van der Waals surface area contributed by atoms with E-state index >= 15 is 0 Å². The van der Waals surface area contributed by atoms with Gasteiger partial charge in [-0.15, -0.1) is 0 Å². The molecule has 0 spiro atoms. The summed E-state index contributed by atoms with van der Waals surface area (Å²) >= 11 is 0. The van der Waals surface area contributed by atoms with E-state index in [1.807, 2.05) is 0 Å². The van der Waals surface area contributed by atoms with Gasteiger partial charge in [-0.1, -0.05) is 206 Å². The van der Waals surface area contributed by atoms with E-state index in [2.05, 4.69) is 23.6 Å². The third-order valence-corrected chi connectivity index (χ3v) is 35.5. The number of hydrogen-bond donors (Lipinski definition) is 0. The second-order valence-electron chi connectivity index (χ2n) is 38.9. The molecule has 15 fully saturated rings. The van der Waals surface area contributed by atoms with E-state index in [4.69, 9.17) is 0 Å². The molecule has 10 unspecified atom stereocenters. The lowest BCUT2D eigenvalue weighted by atomic mass is 9.59. The zero-order valence-electron chi connectivity index (χ0n) is 60.8. The van der Waals surface area contributed by atoms with Crippen LogP contribution in [0.3, 0.4) is 0 Å². The van der Waals surface area contributed by atoms with Crippen molar-refractivity contribution >= 4 is 0 Å². The third-order valence-electron chi connectivity index (χ3n) is 35.5.